The van der Waals surface area contributed by atoms with Crippen LogP contribution in [0.3, 0.4) is 0 Å². The summed E-state index contributed by atoms with van der Waals surface area (Å²) in [4.78, 5) is 6.93. The maximum Gasteiger partial charge on any atom is 0.0951 e. The van der Waals surface area contributed by atoms with Crippen LogP contribution in [0.1, 0.15) is 44.3 Å². The van der Waals surface area contributed by atoms with E-state index in [9.17, 15) is 0 Å². The molecule has 1 saturated heterocycles. The molecule has 4 heteroatoms. The van der Waals surface area contributed by atoms with Gasteiger partial charge in [-0.3, -0.25) is 4.90 Å². The van der Waals surface area contributed by atoms with E-state index in [1.54, 1.807) is 0 Å². The van der Waals surface area contributed by atoms with Crippen LogP contribution in [0.5, 0.6) is 0 Å². The molecular weight excluding hydrogens is 236 g/mol. The molecule has 0 atom stereocenters. The number of hydrogen-bond acceptors (Lipinski definition) is 3. The Morgan fingerprint density at radius 3 is 2.79 bits per heavy atom. The first-order valence-electron chi connectivity index (χ1n) is 7.80. The fourth-order valence-electron chi connectivity index (χ4n) is 3.10. The Balaban J connectivity index is 1.57. The minimum absolute atomic E-state index is 0.745. The summed E-state index contributed by atoms with van der Waals surface area (Å²) in [6, 6.07) is 0.745. The van der Waals surface area contributed by atoms with E-state index < -0.39 is 0 Å². The lowest BCUT2D eigenvalue weighted by molar-refractivity contribution is 0.203. The Morgan fingerprint density at radius 2 is 2.11 bits per heavy atom. The van der Waals surface area contributed by atoms with Crippen LogP contribution in [0.25, 0.3) is 0 Å². The van der Waals surface area contributed by atoms with Gasteiger partial charge < -0.3 is 9.88 Å². The second-order valence-corrected chi connectivity index (χ2v) is 6.04. The van der Waals surface area contributed by atoms with Crippen molar-refractivity contribution in [3.8, 4) is 0 Å². The third kappa shape index (κ3) is 3.37. The Morgan fingerprint density at radius 1 is 1.32 bits per heavy atom. The van der Waals surface area contributed by atoms with Crippen LogP contribution in [-0.2, 0) is 6.54 Å². The summed E-state index contributed by atoms with van der Waals surface area (Å²) < 4.78 is 2.39. The Labute approximate surface area is 116 Å². The summed E-state index contributed by atoms with van der Waals surface area (Å²) in [6.07, 6.45) is 9.42. The molecule has 1 saturated carbocycles. The third-order valence-corrected chi connectivity index (χ3v) is 4.49. The van der Waals surface area contributed by atoms with Gasteiger partial charge in [-0.25, -0.2) is 4.98 Å². The van der Waals surface area contributed by atoms with Gasteiger partial charge in [-0.05, 0) is 51.2 Å². The molecule has 1 aliphatic heterocycles. The van der Waals surface area contributed by atoms with E-state index in [0.29, 0.717) is 0 Å². The highest BCUT2D eigenvalue weighted by molar-refractivity contribution is 5.03. The molecule has 0 radical (unpaired) electrons. The zero-order valence-corrected chi connectivity index (χ0v) is 12.0. The molecule has 1 aromatic heterocycles. The monoisotopic (exact) mass is 262 g/mol. The number of nitrogens with zero attached hydrogens (tertiary/aromatic N) is 3. The van der Waals surface area contributed by atoms with Crippen LogP contribution in [0.15, 0.2) is 12.5 Å². The maximum absolute atomic E-state index is 4.34. The van der Waals surface area contributed by atoms with E-state index in [2.05, 4.69) is 32.9 Å². The molecule has 0 aromatic carbocycles. The van der Waals surface area contributed by atoms with E-state index in [1.165, 1.54) is 51.0 Å². The minimum Gasteiger partial charge on any atom is -0.330 e. The van der Waals surface area contributed by atoms with E-state index in [-0.39, 0.29) is 0 Å². The van der Waals surface area contributed by atoms with Gasteiger partial charge in [0.25, 0.3) is 0 Å². The zero-order valence-electron chi connectivity index (χ0n) is 12.0. The predicted octanol–water partition coefficient (Wildman–Crippen LogP) is 2.04. The summed E-state index contributed by atoms with van der Waals surface area (Å²) in [5.41, 5.74) is 1.40. The lowest BCUT2D eigenvalue weighted by Gasteiger charge is -2.29. The molecule has 19 heavy (non-hydrogen) atoms. The van der Waals surface area contributed by atoms with Gasteiger partial charge in [0.15, 0.2) is 0 Å². The Hall–Kier alpha value is -0.870. The molecule has 2 aliphatic rings. The molecule has 0 bridgehead atoms. The number of hydrogen-bond donors (Lipinski definition) is 1. The fraction of sp³-hybridized carbons (Fsp3) is 0.800. The molecule has 2 fully saturated rings. The molecule has 106 valence electrons. The van der Waals surface area contributed by atoms with Crippen molar-refractivity contribution in [2.24, 2.45) is 5.92 Å². The summed E-state index contributed by atoms with van der Waals surface area (Å²) >= 11 is 0. The summed E-state index contributed by atoms with van der Waals surface area (Å²) in [6.45, 7) is 8.12. The van der Waals surface area contributed by atoms with Crippen molar-refractivity contribution in [3.63, 3.8) is 0 Å². The Kier molecular flexibility index (Phi) is 4.18. The highest BCUT2D eigenvalue weighted by Gasteiger charge is 2.26. The highest BCUT2D eigenvalue weighted by Crippen LogP contribution is 2.35. The first-order valence-corrected chi connectivity index (χ1v) is 7.80. The smallest absolute Gasteiger partial charge is 0.0951 e. The van der Waals surface area contributed by atoms with Crippen molar-refractivity contribution < 1.29 is 0 Å². The number of piperidine rings is 1. The Bertz CT molecular complexity index is 391. The lowest BCUT2D eigenvalue weighted by atomic mass is 9.97. The summed E-state index contributed by atoms with van der Waals surface area (Å²) in [5.74, 6) is 0.874. The average Bonchev–Trinajstić information content (AvgIpc) is 3.19. The van der Waals surface area contributed by atoms with E-state index in [0.717, 1.165) is 25.0 Å². The topological polar surface area (TPSA) is 33.1 Å². The SMILES string of the molecule is CCN(Cc1cncn1C1CC1)CC1CCNCC1. The van der Waals surface area contributed by atoms with Crippen molar-refractivity contribution in [1.82, 2.24) is 19.8 Å². The molecule has 0 unspecified atom stereocenters. The van der Waals surface area contributed by atoms with Crippen molar-refractivity contribution in [2.45, 2.75) is 45.2 Å². The first-order chi connectivity index (χ1) is 9.36. The van der Waals surface area contributed by atoms with Gasteiger partial charge in [0, 0.05) is 25.3 Å². The molecule has 2 heterocycles. The van der Waals surface area contributed by atoms with Crippen molar-refractivity contribution >= 4 is 0 Å². The molecule has 0 spiro atoms. The van der Waals surface area contributed by atoms with Gasteiger partial charge in [-0.15, -0.1) is 0 Å². The van der Waals surface area contributed by atoms with Gasteiger partial charge in [-0.1, -0.05) is 6.92 Å². The van der Waals surface area contributed by atoms with Crippen molar-refractivity contribution in [2.75, 3.05) is 26.2 Å². The molecule has 1 aromatic rings. The summed E-state index contributed by atoms with van der Waals surface area (Å²) in [5, 5.41) is 3.45. The molecule has 1 aliphatic carbocycles. The molecule has 1 N–H and O–H groups in total. The number of nitrogens with one attached hydrogen (secondary N) is 1. The van der Waals surface area contributed by atoms with Crippen LogP contribution in [0.4, 0.5) is 0 Å². The van der Waals surface area contributed by atoms with E-state index in [4.69, 9.17) is 0 Å². The number of aromatic nitrogens is 2. The van der Waals surface area contributed by atoms with Crippen LogP contribution >= 0.6 is 0 Å². The third-order valence-electron chi connectivity index (χ3n) is 4.49. The minimum atomic E-state index is 0.745. The van der Waals surface area contributed by atoms with E-state index >= 15 is 0 Å². The van der Waals surface area contributed by atoms with Gasteiger partial charge in [0.1, 0.15) is 0 Å². The molecule has 0 amide bonds. The van der Waals surface area contributed by atoms with Crippen molar-refractivity contribution in [1.29, 1.82) is 0 Å². The first kappa shape index (κ1) is 13.1. The summed E-state index contributed by atoms with van der Waals surface area (Å²) in [7, 11) is 0. The van der Waals surface area contributed by atoms with E-state index in [1.807, 2.05) is 6.33 Å². The predicted molar refractivity (Wildman–Crippen MR) is 77.0 cm³/mol. The standard InChI is InChI=1S/C15H26N4/c1-2-18(10-13-5-7-16-8-6-13)11-15-9-17-12-19(15)14-3-4-14/h9,12-14,16H,2-8,10-11H2,1H3. The number of rotatable bonds is 6. The molecule has 3 rings (SSSR count). The van der Waals surface area contributed by atoms with Crippen LogP contribution in [0, 0.1) is 5.92 Å². The second-order valence-electron chi connectivity index (χ2n) is 6.04. The van der Waals surface area contributed by atoms with Gasteiger partial charge in [0.2, 0.25) is 0 Å². The van der Waals surface area contributed by atoms with Gasteiger partial charge >= 0.3 is 0 Å². The van der Waals surface area contributed by atoms with Crippen molar-refractivity contribution in [3.05, 3.63) is 18.2 Å². The highest BCUT2D eigenvalue weighted by atomic mass is 15.2. The van der Waals surface area contributed by atoms with Crippen LogP contribution in [-0.4, -0.2) is 40.6 Å². The maximum atomic E-state index is 4.34. The van der Waals surface area contributed by atoms with Gasteiger partial charge in [-0.2, -0.15) is 0 Å². The second kappa shape index (κ2) is 6.06. The largest absolute Gasteiger partial charge is 0.330 e. The fourth-order valence-corrected chi connectivity index (χ4v) is 3.10. The van der Waals surface area contributed by atoms with Crippen LogP contribution in [0.2, 0.25) is 0 Å². The molecular formula is C15H26N4. The average molecular weight is 262 g/mol. The van der Waals surface area contributed by atoms with Crippen LogP contribution < -0.4 is 5.32 Å². The number of imidazole rings is 1. The zero-order chi connectivity index (χ0) is 13.1. The van der Waals surface area contributed by atoms with Gasteiger partial charge in [0.05, 0.1) is 12.0 Å². The quantitative estimate of drug-likeness (QED) is 0.851. The lowest BCUT2D eigenvalue weighted by Crippen LogP contribution is -2.36. The molecule has 4 nitrogen and oxygen atoms in total. The normalized spacial score (nSPS) is 21.2.